The zero-order valence-electron chi connectivity index (χ0n) is 6.37. The highest BCUT2D eigenvalue weighted by Crippen LogP contribution is 2.17. The molecule has 1 rings (SSSR count). The maximum absolute atomic E-state index is 8.57. The quantitative estimate of drug-likeness (QED) is 0.500. The average molecular weight is 140 g/mol. The lowest BCUT2D eigenvalue weighted by molar-refractivity contribution is 0.113. The molecule has 1 saturated heterocycles. The van der Waals surface area contributed by atoms with E-state index in [0.717, 1.165) is 13.0 Å². The van der Waals surface area contributed by atoms with Gasteiger partial charge in [0.05, 0.1) is 12.6 Å². The molecule has 1 aliphatic heterocycles. The van der Waals surface area contributed by atoms with Gasteiger partial charge in [0.15, 0.2) is 6.19 Å². The molecule has 0 radical (unpaired) electrons. The summed E-state index contributed by atoms with van der Waals surface area (Å²) in [6.45, 7) is 2.80. The maximum atomic E-state index is 8.57. The van der Waals surface area contributed by atoms with Crippen LogP contribution in [0.25, 0.3) is 0 Å². The number of likely N-dealkylation sites (tertiary alicyclic amines) is 1. The molecule has 0 aromatic heterocycles. The Morgan fingerprint density at radius 2 is 2.40 bits per heavy atom. The summed E-state index contributed by atoms with van der Waals surface area (Å²) >= 11 is 0. The van der Waals surface area contributed by atoms with Gasteiger partial charge in [0.2, 0.25) is 0 Å². The highest BCUT2D eigenvalue weighted by Gasteiger charge is 2.27. The van der Waals surface area contributed by atoms with Crippen molar-refractivity contribution in [2.24, 2.45) is 0 Å². The van der Waals surface area contributed by atoms with Crippen LogP contribution in [0.4, 0.5) is 0 Å². The molecular formula is C7H12N2O. The first kappa shape index (κ1) is 7.36. The van der Waals surface area contributed by atoms with Crippen molar-refractivity contribution < 1.29 is 4.74 Å². The molecule has 0 saturated carbocycles. The van der Waals surface area contributed by atoms with Crippen LogP contribution in [0.15, 0.2) is 0 Å². The Labute approximate surface area is 61.2 Å². The zero-order valence-corrected chi connectivity index (χ0v) is 6.37. The van der Waals surface area contributed by atoms with Gasteiger partial charge >= 0.3 is 0 Å². The van der Waals surface area contributed by atoms with Crippen LogP contribution in [0.1, 0.15) is 13.3 Å². The number of hydrogen-bond donors (Lipinski definition) is 0. The van der Waals surface area contributed by atoms with Crippen molar-refractivity contribution in [1.82, 2.24) is 4.90 Å². The molecule has 0 aromatic carbocycles. The van der Waals surface area contributed by atoms with Crippen LogP contribution in [0, 0.1) is 11.5 Å². The van der Waals surface area contributed by atoms with E-state index in [2.05, 4.69) is 6.19 Å². The minimum absolute atomic E-state index is 0.259. The molecular weight excluding hydrogens is 128 g/mol. The largest absolute Gasteiger partial charge is 0.380 e. The van der Waals surface area contributed by atoms with Crippen molar-refractivity contribution in [3.05, 3.63) is 0 Å². The third-order valence-corrected chi connectivity index (χ3v) is 2.00. The second kappa shape index (κ2) is 2.89. The lowest BCUT2D eigenvalue weighted by Gasteiger charge is -2.10. The summed E-state index contributed by atoms with van der Waals surface area (Å²) < 4.78 is 5.12. The van der Waals surface area contributed by atoms with Crippen molar-refractivity contribution in [2.45, 2.75) is 25.5 Å². The van der Waals surface area contributed by atoms with Gasteiger partial charge in [-0.1, -0.05) is 0 Å². The lowest BCUT2D eigenvalue weighted by Crippen LogP contribution is -2.21. The Balaban J connectivity index is 2.46. The highest BCUT2D eigenvalue weighted by atomic mass is 16.5. The van der Waals surface area contributed by atoms with E-state index in [4.69, 9.17) is 10.00 Å². The van der Waals surface area contributed by atoms with E-state index in [0.29, 0.717) is 6.04 Å². The van der Waals surface area contributed by atoms with Gasteiger partial charge in [0, 0.05) is 13.2 Å². The van der Waals surface area contributed by atoms with Crippen molar-refractivity contribution in [1.29, 1.82) is 5.26 Å². The van der Waals surface area contributed by atoms with Gasteiger partial charge in [-0.3, -0.25) is 0 Å². The van der Waals surface area contributed by atoms with Gasteiger partial charge < -0.3 is 9.64 Å². The minimum Gasteiger partial charge on any atom is -0.380 e. The van der Waals surface area contributed by atoms with Crippen LogP contribution in [0.3, 0.4) is 0 Å². The number of methoxy groups -OCH3 is 1. The summed E-state index contributed by atoms with van der Waals surface area (Å²) in [6.07, 6.45) is 3.37. The minimum atomic E-state index is 0.259. The molecule has 0 spiro atoms. The monoisotopic (exact) mass is 140 g/mol. The molecule has 0 aromatic rings. The summed E-state index contributed by atoms with van der Waals surface area (Å²) in [4.78, 5) is 1.76. The Morgan fingerprint density at radius 3 is 2.70 bits per heavy atom. The van der Waals surface area contributed by atoms with E-state index in [-0.39, 0.29) is 6.10 Å². The third-order valence-electron chi connectivity index (χ3n) is 2.00. The fourth-order valence-corrected chi connectivity index (χ4v) is 1.29. The molecule has 1 aliphatic rings. The summed E-state index contributed by atoms with van der Waals surface area (Å²) in [5.74, 6) is 0. The molecule has 2 atom stereocenters. The van der Waals surface area contributed by atoms with E-state index in [1.165, 1.54) is 0 Å². The average Bonchev–Trinajstić information content (AvgIpc) is 2.30. The number of nitriles is 1. The molecule has 0 N–H and O–H groups in total. The molecule has 1 fully saturated rings. The number of nitrogens with zero attached hydrogens (tertiary/aromatic N) is 2. The second-order valence-corrected chi connectivity index (χ2v) is 2.69. The predicted molar refractivity (Wildman–Crippen MR) is 37.2 cm³/mol. The maximum Gasteiger partial charge on any atom is 0.179 e. The van der Waals surface area contributed by atoms with E-state index in [1.807, 2.05) is 6.92 Å². The molecule has 1 heterocycles. The number of hydrogen-bond acceptors (Lipinski definition) is 3. The van der Waals surface area contributed by atoms with E-state index >= 15 is 0 Å². The lowest BCUT2D eigenvalue weighted by atomic mass is 10.2. The number of rotatable bonds is 1. The normalized spacial score (nSPS) is 32.3. The molecule has 0 amide bonds. The van der Waals surface area contributed by atoms with Gasteiger partial charge in [0.25, 0.3) is 0 Å². The van der Waals surface area contributed by atoms with E-state index < -0.39 is 0 Å². The van der Waals surface area contributed by atoms with Crippen LogP contribution in [0.5, 0.6) is 0 Å². The van der Waals surface area contributed by atoms with Gasteiger partial charge in [-0.25, -0.2) is 0 Å². The Hall–Kier alpha value is -0.750. The van der Waals surface area contributed by atoms with Gasteiger partial charge in [-0.05, 0) is 13.3 Å². The Bertz CT molecular complexity index is 152. The first-order chi connectivity index (χ1) is 4.77. The fourth-order valence-electron chi connectivity index (χ4n) is 1.29. The number of ether oxygens (including phenoxy) is 1. The molecule has 0 aliphatic carbocycles. The highest BCUT2D eigenvalue weighted by molar-refractivity contribution is 4.90. The molecule has 0 unspecified atom stereocenters. The third kappa shape index (κ3) is 1.22. The summed E-state index contributed by atoms with van der Waals surface area (Å²) in [6, 6.07) is 0.356. The van der Waals surface area contributed by atoms with Crippen LogP contribution in [-0.4, -0.2) is 30.7 Å². The second-order valence-electron chi connectivity index (χ2n) is 2.69. The summed E-state index contributed by atoms with van der Waals surface area (Å²) in [7, 11) is 1.69. The van der Waals surface area contributed by atoms with Gasteiger partial charge in [-0.15, -0.1) is 0 Å². The molecule has 0 bridgehead atoms. The van der Waals surface area contributed by atoms with E-state index in [1.54, 1.807) is 12.0 Å². The van der Waals surface area contributed by atoms with Crippen LogP contribution >= 0.6 is 0 Å². The SMILES string of the molecule is CO[C@H]1C[C@@H](C)N(C#N)C1. The topological polar surface area (TPSA) is 36.3 Å². The van der Waals surface area contributed by atoms with Crippen molar-refractivity contribution in [3.63, 3.8) is 0 Å². The molecule has 10 heavy (non-hydrogen) atoms. The van der Waals surface area contributed by atoms with Gasteiger partial charge in [-0.2, -0.15) is 5.26 Å². The molecule has 3 heteroatoms. The van der Waals surface area contributed by atoms with Gasteiger partial charge in [0.1, 0.15) is 0 Å². The van der Waals surface area contributed by atoms with E-state index in [9.17, 15) is 0 Å². The fraction of sp³-hybridized carbons (Fsp3) is 0.857. The zero-order chi connectivity index (χ0) is 7.56. The van der Waals surface area contributed by atoms with Crippen molar-refractivity contribution >= 4 is 0 Å². The standard InChI is InChI=1S/C7H12N2O/c1-6-3-7(10-2)4-9(6)5-8/h6-7H,3-4H2,1-2H3/t6-,7+/m1/s1. The molecule has 3 nitrogen and oxygen atoms in total. The first-order valence-electron chi connectivity index (χ1n) is 3.47. The van der Waals surface area contributed by atoms with Crippen LogP contribution in [0.2, 0.25) is 0 Å². The molecule has 56 valence electrons. The smallest absolute Gasteiger partial charge is 0.179 e. The van der Waals surface area contributed by atoms with Crippen LogP contribution < -0.4 is 0 Å². The van der Waals surface area contributed by atoms with Crippen LogP contribution in [-0.2, 0) is 4.74 Å². The van der Waals surface area contributed by atoms with Crippen molar-refractivity contribution in [3.8, 4) is 6.19 Å². The Morgan fingerprint density at radius 1 is 1.70 bits per heavy atom. The predicted octanol–water partition coefficient (Wildman–Crippen LogP) is 0.577. The Kier molecular flexibility index (Phi) is 2.13. The van der Waals surface area contributed by atoms with Crippen molar-refractivity contribution in [2.75, 3.05) is 13.7 Å². The first-order valence-corrected chi connectivity index (χ1v) is 3.47. The summed E-state index contributed by atoms with van der Waals surface area (Å²) in [5, 5.41) is 8.57. The summed E-state index contributed by atoms with van der Waals surface area (Å²) in [5.41, 5.74) is 0.